The minimum Gasteiger partial charge on any atom is -0.312 e. The van der Waals surface area contributed by atoms with Gasteiger partial charge in [0.1, 0.15) is 0 Å². The predicted molar refractivity (Wildman–Crippen MR) is 76.3 cm³/mol. The summed E-state index contributed by atoms with van der Waals surface area (Å²) in [7, 11) is 0. The molecule has 0 fully saturated rings. The van der Waals surface area contributed by atoms with Crippen LogP contribution in [0.3, 0.4) is 0 Å². The Kier molecular flexibility index (Phi) is 5.94. The average Bonchev–Trinajstić information content (AvgIpc) is 2.56. The molecule has 1 rings (SSSR count). The Labute approximate surface area is 111 Å². The van der Waals surface area contributed by atoms with Gasteiger partial charge in [-0.3, -0.25) is 4.68 Å². The molecular formula is C15H25N3. The molecule has 0 spiro atoms. The molecule has 100 valence electrons. The molecule has 1 heterocycles. The van der Waals surface area contributed by atoms with E-state index in [2.05, 4.69) is 54.6 Å². The molecule has 0 unspecified atom stereocenters. The van der Waals surface area contributed by atoms with Crippen LogP contribution in [0.15, 0.2) is 0 Å². The molecule has 0 amide bonds. The van der Waals surface area contributed by atoms with E-state index in [-0.39, 0.29) is 0 Å². The number of hydrogen-bond acceptors (Lipinski definition) is 2. The molecule has 0 aliphatic carbocycles. The SMILES string of the molecule is CC#CCCn1nc(C)c(CNCC(C)C)c1C. The first-order valence-electron chi connectivity index (χ1n) is 6.69. The molecule has 1 aromatic heterocycles. The van der Waals surface area contributed by atoms with Crippen molar-refractivity contribution in [3.05, 3.63) is 17.0 Å². The third-order valence-corrected chi connectivity index (χ3v) is 3.01. The quantitative estimate of drug-likeness (QED) is 0.783. The molecule has 0 radical (unpaired) electrons. The van der Waals surface area contributed by atoms with Crippen LogP contribution in [0.25, 0.3) is 0 Å². The van der Waals surface area contributed by atoms with Crippen molar-refractivity contribution < 1.29 is 0 Å². The van der Waals surface area contributed by atoms with Crippen molar-refractivity contribution in [1.29, 1.82) is 0 Å². The molecule has 18 heavy (non-hydrogen) atoms. The van der Waals surface area contributed by atoms with Gasteiger partial charge in [0.15, 0.2) is 0 Å². The Balaban J connectivity index is 2.64. The predicted octanol–water partition coefficient (Wildman–Crippen LogP) is 2.66. The molecule has 0 atom stereocenters. The second kappa shape index (κ2) is 7.23. The molecule has 0 aliphatic rings. The maximum atomic E-state index is 4.59. The van der Waals surface area contributed by atoms with Gasteiger partial charge < -0.3 is 5.32 Å². The number of nitrogens with one attached hydrogen (secondary N) is 1. The van der Waals surface area contributed by atoms with Crippen LogP contribution in [0.4, 0.5) is 0 Å². The van der Waals surface area contributed by atoms with Crippen LogP contribution >= 0.6 is 0 Å². The molecule has 0 saturated heterocycles. The first kappa shape index (κ1) is 14.8. The largest absolute Gasteiger partial charge is 0.312 e. The highest BCUT2D eigenvalue weighted by atomic mass is 15.3. The van der Waals surface area contributed by atoms with Gasteiger partial charge in [-0.05, 0) is 33.2 Å². The fraction of sp³-hybridized carbons (Fsp3) is 0.667. The summed E-state index contributed by atoms with van der Waals surface area (Å²) in [5.41, 5.74) is 3.73. The standard InChI is InChI=1S/C15H25N3/c1-6-7-8-9-18-14(5)15(13(4)17-18)11-16-10-12(2)3/h12,16H,8-11H2,1-5H3. The summed E-state index contributed by atoms with van der Waals surface area (Å²) in [5.74, 6) is 6.69. The Morgan fingerprint density at radius 1 is 1.33 bits per heavy atom. The first-order chi connectivity index (χ1) is 8.56. The molecule has 0 saturated carbocycles. The zero-order chi connectivity index (χ0) is 13.5. The second-order valence-electron chi connectivity index (χ2n) is 5.07. The van der Waals surface area contributed by atoms with E-state index >= 15 is 0 Å². The highest BCUT2D eigenvalue weighted by Gasteiger charge is 2.10. The van der Waals surface area contributed by atoms with Gasteiger partial charge in [0.25, 0.3) is 0 Å². The van der Waals surface area contributed by atoms with E-state index < -0.39 is 0 Å². The summed E-state index contributed by atoms with van der Waals surface area (Å²) >= 11 is 0. The zero-order valence-electron chi connectivity index (χ0n) is 12.3. The number of aryl methyl sites for hydroxylation is 2. The van der Waals surface area contributed by atoms with Crippen molar-refractivity contribution in [2.45, 2.75) is 54.1 Å². The van der Waals surface area contributed by atoms with Crippen molar-refractivity contribution in [2.24, 2.45) is 5.92 Å². The van der Waals surface area contributed by atoms with Crippen LogP contribution in [0.1, 0.15) is 44.1 Å². The first-order valence-corrected chi connectivity index (χ1v) is 6.69. The van der Waals surface area contributed by atoms with E-state index in [1.165, 1.54) is 11.3 Å². The van der Waals surface area contributed by atoms with Gasteiger partial charge >= 0.3 is 0 Å². The van der Waals surface area contributed by atoms with Crippen molar-refractivity contribution in [3.63, 3.8) is 0 Å². The molecule has 1 N–H and O–H groups in total. The van der Waals surface area contributed by atoms with Crippen LogP contribution < -0.4 is 5.32 Å². The van der Waals surface area contributed by atoms with Gasteiger partial charge in [-0.15, -0.1) is 11.8 Å². The number of rotatable bonds is 6. The van der Waals surface area contributed by atoms with Gasteiger partial charge in [0.05, 0.1) is 12.2 Å². The molecule has 0 aliphatic heterocycles. The Morgan fingerprint density at radius 3 is 2.67 bits per heavy atom. The number of aromatic nitrogens is 2. The van der Waals surface area contributed by atoms with Crippen molar-refractivity contribution in [1.82, 2.24) is 15.1 Å². The lowest BCUT2D eigenvalue weighted by Gasteiger charge is -2.08. The van der Waals surface area contributed by atoms with E-state index in [9.17, 15) is 0 Å². The molecule has 3 nitrogen and oxygen atoms in total. The van der Waals surface area contributed by atoms with Crippen LogP contribution in [-0.4, -0.2) is 16.3 Å². The average molecular weight is 247 g/mol. The lowest BCUT2D eigenvalue weighted by Crippen LogP contribution is -2.19. The van der Waals surface area contributed by atoms with E-state index in [4.69, 9.17) is 0 Å². The van der Waals surface area contributed by atoms with E-state index in [1.807, 2.05) is 6.92 Å². The molecule has 3 heteroatoms. The van der Waals surface area contributed by atoms with E-state index in [0.29, 0.717) is 5.92 Å². The second-order valence-corrected chi connectivity index (χ2v) is 5.07. The lowest BCUT2D eigenvalue weighted by atomic mass is 10.2. The highest BCUT2D eigenvalue weighted by molar-refractivity contribution is 5.24. The van der Waals surface area contributed by atoms with Crippen LogP contribution in [0.2, 0.25) is 0 Å². The summed E-state index contributed by atoms with van der Waals surface area (Å²) in [6.07, 6.45) is 0.872. The van der Waals surface area contributed by atoms with E-state index in [1.54, 1.807) is 0 Å². The fourth-order valence-corrected chi connectivity index (χ4v) is 1.98. The van der Waals surface area contributed by atoms with Gasteiger partial charge in [-0.25, -0.2) is 0 Å². The summed E-state index contributed by atoms with van der Waals surface area (Å²) < 4.78 is 2.08. The topological polar surface area (TPSA) is 29.9 Å². The monoisotopic (exact) mass is 247 g/mol. The van der Waals surface area contributed by atoms with Crippen molar-refractivity contribution in [3.8, 4) is 11.8 Å². The number of nitrogens with zero attached hydrogens (tertiary/aromatic N) is 2. The maximum Gasteiger partial charge on any atom is 0.0641 e. The molecular weight excluding hydrogens is 222 g/mol. The van der Waals surface area contributed by atoms with Crippen LogP contribution in [0.5, 0.6) is 0 Å². The number of hydrogen-bond donors (Lipinski definition) is 1. The van der Waals surface area contributed by atoms with Gasteiger partial charge in [0.2, 0.25) is 0 Å². The van der Waals surface area contributed by atoms with Gasteiger partial charge in [0, 0.05) is 24.2 Å². The van der Waals surface area contributed by atoms with Crippen LogP contribution in [0, 0.1) is 31.6 Å². The van der Waals surface area contributed by atoms with Crippen molar-refractivity contribution >= 4 is 0 Å². The maximum absolute atomic E-state index is 4.59. The minimum absolute atomic E-state index is 0.681. The smallest absolute Gasteiger partial charge is 0.0641 e. The van der Waals surface area contributed by atoms with Gasteiger partial charge in [-0.1, -0.05) is 13.8 Å². The zero-order valence-corrected chi connectivity index (χ0v) is 12.3. The van der Waals surface area contributed by atoms with Crippen LogP contribution in [-0.2, 0) is 13.1 Å². The Morgan fingerprint density at radius 2 is 2.06 bits per heavy atom. The summed E-state index contributed by atoms with van der Waals surface area (Å²) in [6, 6.07) is 0. The summed E-state index contributed by atoms with van der Waals surface area (Å²) in [5, 5.41) is 8.07. The minimum atomic E-state index is 0.681. The Bertz CT molecular complexity index is 433. The Hall–Kier alpha value is -1.27. The third kappa shape index (κ3) is 4.19. The highest BCUT2D eigenvalue weighted by Crippen LogP contribution is 2.13. The normalized spacial score (nSPS) is 10.6. The lowest BCUT2D eigenvalue weighted by molar-refractivity contribution is 0.549. The summed E-state index contributed by atoms with van der Waals surface area (Å²) in [4.78, 5) is 0. The molecule has 0 aromatic carbocycles. The van der Waals surface area contributed by atoms with E-state index in [0.717, 1.165) is 31.7 Å². The van der Waals surface area contributed by atoms with Gasteiger partial charge in [-0.2, -0.15) is 5.10 Å². The van der Waals surface area contributed by atoms with Crippen molar-refractivity contribution in [2.75, 3.05) is 6.54 Å². The summed E-state index contributed by atoms with van der Waals surface area (Å²) in [6.45, 7) is 13.4. The molecule has 1 aromatic rings. The fourth-order valence-electron chi connectivity index (χ4n) is 1.98. The molecule has 0 bridgehead atoms. The third-order valence-electron chi connectivity index (χ3n) is 3.01.